The molecular weight excluding hydrogens is 274 g/mol. The number of aromatic nitrogens is 1. The molecule has 1 heterocycles. The molecule has 0 spiro atoms. The van der Waals surface area contributed by atoms with E-state index < -0.39 is 10.0 Å². The number of rotatable bonds is 9. The van der Waals surface area contributed by atoms with Gasteiger partial charge in [-0.05, 0) is 36.9 Å². The molecule has 5 nitrogen and oxygen atoms in total. The lowest BCUT2D eigenvalue weighted by molar-refractivity contribution is 0.538. The second-order valence-corrected chi connectivity index (χ2v) is 6.93. The largest absolute Gasteiger partial charge is 0.313 e. The molecule has 0 aromatic carbocycles. The third-order valence-corrected chi connectivity index (χ3v) is 4.28. The summed E-state index contributed by atoms with van der Waals surface area (Å²) in [6.45, 7) is 8.30. The summed E-state index contributed by atoms with van der Waals surface area (Å²) >= 11 is 0. The van der Waals surface area contributed by atoms with E-state index in [1.165, 1.54) is 0 Å². The first-order valence-corrected chi connectivity index (χ1v) is 8.59. The highest BCUT2D eigenvalue weighted by Gasteiger charge is 2.14. The van der Waals surface area contributed by atoms with Crippen LogP contribution in [-0.4, -0.2) is 26.5 Å². The number of hydrogen-bond donors (Lipinski definition) is 2. The van der Waals surface area contributed by atoms with Crippen LogP contribution < -0.4 is 10.0 Å². The van der Waals surface area contributed by atoms with Crippen molar-refractivity contribution in [1.29, 1.82) is 0 Å². The minimum Gasteiger partial charge on any atom is -0.313 e. The number of nitrogens with zero attached hydrogens (tertiary/aromatic N) is 1. The van der Waals surface area contributed by atoms with Crippen LogP contribution in [0.2, 0.25) is 0 Å². The maximum Gasteiger partial charge on any atom is 0.258 e. The van der Waals surface area contributed by atoms with Crippen molar-refractivity contribution in [1.82, 2.24) is 15.0 Å². The Morgan fingerprint density at radius 1 is 1.30 bits per heavy atom. The second kappa shape index (κ2) is 8.34. The number of pyridine rings is 1. The molecule has 0 amide bonds. The lowest BCUT2D eigenvalue weighted by Crippen LogP contribution is -2.26. The first-order valence-electron chi connectivity index (χ1n) is 7.11. The molecule has 0 atom stereocenters. The Morgan fingerprint density at radius 3 is 2.60 bits per heavy atom. The van der Waals surface area contributed by atoms with E-state index in [-0.39, 0.29) is 5.03 Å². The molecule has 1 aromatic heterocycles. The summed E-state index contributed by atoms with van der Waals surface area (Å²) in [5, 5.41) is 3.26. The topological polar surface area (TPSA) is 71.1 Å². The van der Waals surface area contributed by atoms with Crippen molar-refractivity contribution in [3.05, 3.63) is 23.9 Å². The molecule has 2 N–H and O–H groups in total. The van der Waals surface area contributed by atoms with Crippen molar-refractivity contribution in [3.63, 3.8) is 0 Å². The lowest BCUT2D eigenvalue weighted by atomic mass is 10.1. The Labute approximate surface area is 122 Å². The van der Waals surface area contributed by atoms with Crippen LogP contribution in [0.1, 0.15) is 39.2 Å². The highest BCUT2D eigenvalue weighted by Crippen LogP contribution is 2.08. The van der Waals surface area contributed by atoms with Gasteiger partial charge in [0, 0.05) is 19.3 Å². The summed E-state index contributed by atoms with van der Waals surface area (Å²) in [6, 6.07) is 3.34. The summed E-state index contributed by atoms with van der Waals surface area (Å²) in [6.07, 6.45) is 3.46. The first kappa shape index (κ1) is 17.1. The highest BCUT2D eigenvalue weighted by molar-refractivity contribution is 7.89. The van der Waals surface area contributed by atoms with E-state index in [4.69, 9.17) is 0 Å². The number of sulfonamides is 1. The Bertz CT molecular complexity index is 484. The molecule has 0 unspecified atom stereocenters. The van der Waals surface area contributed by atoms with E-state index in [0.29, 0.717) is 19.0 Å². The molecule has 0 saturated carbocycles. The van der Waals surface area contributed by atoms with Gasteiger partial charge in [0.05, 0.1) is 0 Å². The maximum absolute atomic E-state index is 12.0. The monoisotopic (exact) mass is 299 g/mol. The molecule has 0 fully saturated rings. The lowest BCUT2D eigenvalue weighted by Gasteiger charge is -2.08. The summed E-state index contributed by atoms with van der Waals surface area (Å²) < 4.78 is 26.6. The van der Waals surface area contributed by atoms with Gasteiger partial charge in [0.2, 0.25) is 0 Å². The predicted molar refractivity (Wildman–Crippen MR) is 80.9 cm³/mol. The fourth-order valence-corrected chi connectivity index (χ4v) is 2.73. The molecule has 1 aromatic rings. The summed E-state index contributed by atoms with van der Waals surface area (Å²) in [5.74, 6) is 0.586. The molecule has 0 bridgehead atoms. The van der Waals surface area contributed by atoms with Crippen molar-refractivity contribution in [3.8, 4) is 0 Å². The normalized spacial score (nSPS) is 12.0. The third kappa shape index (κ3) is 5.98. The van der Waals surface area contributed by atoms with E-state index in [1.54, 1.807) is 18.3 Å². The molecule has 0 aliphatic rings. The number of nitrogens with one attached hydrogen (secondary N) is 2. The van der Waals surface area contributed by atoms with Gasteiger partial charge in [-0.2, -0.15) is 0 Å². The molecule has 1 rings (SSSR count). The van der Waals surface area contributed by atoms with Crippen molar-refractivity contribution in [2.24, 2.45) is 5.92 Å². The van der Waals surface area contributed by atoms with Crippen LogP contribution in [0.4, 0.5) is 0 Å². The maximum atomic E-state index is 12.0. The second-order valence-electron chi connectivity index (χ2n) is 5.22. The zero-order valence-electron chi connectivity index (χ0n) is 12.5. The minimum atomic E-state index is -3.48. The predicted octanol–water partition coefficient (Wildman–Crippen LogP) is 1.91. The SMILES string of the molecule is CCNCc1ccc(S(=O)(=O)NCCCC(C)C)nc1. The Balaban J connectivity index is 2.54. The first-order chi connectivity index (χ1) is 9.45. The fourth-order valence-electron chi connectivity index (χ4n) is 1.73. The number of hydrogen-bond acceptors (Lipinski definition) is 4. The van der Waals surface area contributed by atoms with Gasteiger partial charge >= 0.3 is 0 Å². The molecule has 114 valence electrons. The summed E-state index contributed by atoms with van der Waals surface area (Å²) in [4.78, 5) is 4.03. The van der Waals surface area contributed by atoms with E-state index in [1.807, 2.05) is 6.92 Å². The minimum absolute atomic E-state index is 0.0855. The molecule has 20 heavy (non-hydrogen) atoms. The van der Waals surface area contributed by atoms with Crippen molar-refractivity contribution in [2.75, 3.05) is 13.1 Å². The van der Waals surface area contributed by atoms with Gasteiger partial charge in [-0.15, -0.1) is 0 Å². The van der Waals surface area contributed by atoms with E-state index >= 15 is 0 Å². The molecule has 0 radical (unpaired) electrons. The van der Waals surface area contributed by atoms with Gasteiger partial charge in [-0.25, -0.2) is 18.1 Å². The van der Waals surface area contributed by atoms with E-state index in [0.717, 1.165) is 24.9 Å². The van der Waals surface area contributed by atoms with Gasteiger partial charge in [0.15, 0.2) is 5.03 Å². The van der Waals surface area contributed by atoms with Crippen LogP contribution in [-0.2, 0) is 16.6 Å². The van der Waals surface area contributed by atoms with Gasteiger partial charge in [-0.1, -0.05) is 26.8 Å². The van der Waals surface area contributed by atoms with Crippen LogP contribution in [0.5, 0.6) is 0 Å². The molecule has 6 heteroatoms. The summed E-state index contributed by atoms with van der Waals surface area (Å²) in [5.41, 5.74) is 0.977. The van der Waals surface area contributed by atoms with Gasteiger partial charge in [-0.3, -0.25) is 0 Å². The van der Waals surface area contributed by atoms with Crippen molar-refractivity contribution < 1.29 is 8.42 Å². The Kier molecular flexibility index (Phi) is 7.12. The van der Waals surface area contributed by atoms with Gasteiger partial charge < -0.3 is 5.32 Å². The summed E-state index contributed by atoms with van der Waals surface area (Å²) in [7, 11) is -3.48. The van der Waals surface area contributed by atoms with Crippen molar-refractivity contribution >= 4 is 10.0 Å². The Hall–Kier alpha value is -0.980. The third-order valence-electron chi connectivity index (χ3n) is 2.90. The zero-order valence-corrected chi connectivity index (χ0v) is 13.3. The van der Waals surface area contributed by atoms with Gasteiger partial charge in [0.1, 0.15) is 0 Å². The van der Waals surface area contributed by atoms with E-state index in [9.17, 15) is 8.42 Å². The van der Waals surface area contributed by atoms with Gasteiger partial charge in [0.25, 0.3) is 10.0 Å². The quantitative estimate of drug-likeness (QED) is 0.683. The highest BCUT2D eigenvalue weighted by atomic mass is 32.2. The zero-order chi connectivity index (χ0) is 15.0. The standard InChI is InChI=1S/C14H25N3O2S/c1-4-15-10-13-7-8-14(16-11-13)20(18,19)17-9-5-6-12(2)3/h7-8,11-12,15,17H,4-6,9-10H2,1-3H3. The molecule has 0 aliphatic heterocycles. The molecule has 0 aliphatic carbocycles. The average molecular weight is 299 g/mol. The van der Waals surface area contributed by atoms with Crippen LogP contribution in [0, 0.1) is 5.92 Å². The Morgan fingerprint density at radius 2 is 2.05 bits per heavy atom. The smallest absolute Gasteiger partial charge is 0.258 e. The fraction of sp³-hybridized carbons (Fsp3) is 0.643. The van der Waals surface area contributed by atoms with Crippen LogP contribution in [0.15, 0.2) is 23.4 Å². The van der Waals surface area contributed by atoms with E-state index in [2.05, 4.69) is 28.9 Å². The molecular formula is C14H25N3O2S. The van der Waals surface area contributed by atoms with Crippen LogP contribution in [0.25, 0.3) is 0 Å². The average Bonchev–Trinajstić information content (AvgIpc) is 2.42. The van der Waals surface area contributed by atoms with Crippen LogP contribution >= 0.6 is 0 Å². The van der Waals surface area contributed by atoms with Crippen molar-refractivity contribution in [2.45, 2.75) is 45.2 Å². The molecule has 0 saturated heterocycles. The van der Waals surface area contributed by atoms with Crippen LogP contribution in [0.3, 0.4) is 0 Å².